The molecule has 49 heavy (non-hydrogen) atoms. The molecule has 2 aromatic heterocycles. The number of para-hydroxylation sites is 3. The molecule has 2 heterocycles. The molecule has 0 fully saturated rings. The molecule has 8 aromatic rings. The van der Waals surface area contributed by atoms with Crippen LogP contribution in [0.25, 0.3) is 74.5 Å². The van der Waals surface area contributed by atoms with Crippen LogP contribution >= 0.6 is 0 Å². The van der Waals surface area contributed by atoms with E-state index in [4.69, 9.17) is 0 Å². The van der Waals surface area contributed by atoms with Crippen molar-refractivity contribution in [1.29, 1.82) is 0 Å². The Morgan fingerprint density at radius 1 is 0.449 bits per heavy atom. The van der Waals surface area contributed by atoms with Crippen molar-refractivity contribution in [2.24, 2.45) is 5.92 Å². The summed E-state index contributed by atoms with van der Waals surface area (Å²) in [7, 11) is 0. The summed E-state index contributed by atoms with van der Waals surface area (Å²) in [6, 6.07) is 52.5. The lowest BCUT2D eigenvalue weighted by Crippen LogP contribution is -2.08. The van der Waals surface area contributed by atoms with Gasteiger partial charge >= 0.3 is 0 Å². The normalized spacial score (nSPS) is 14.5. The Bertz CT molecular complexity index is 2500. The molecule has 6 aromatic carbocycles. The van der Waals surface area contributed by atoms with Gasteiger partial charge in [-0.05, 0) is 77.1 Å². The zero-order valence-corrected chi connectivity index (χ0v) is 27.5. The van der Waals surface area contributed by atoms with Crippen LogP contribution in [-0.2, 0) is 6.42 Å². The molecule has 0 aliphatic heterocycles. The van der Waals surface area contributed by atoms with Crippen molar-refractivity contribution in [3.05, 3.63) is 185 Å². The van der Waals surface area contributed by atoms with Crippen LogP contribution in [0.15, 0.2) is 152 Å². The highest BCUT2D eigenvalue weighted by molar-refractivity contribution is 6.09. The summed E-state index contributed by atoms with van der Waals surface area (Å²) in [6.07, 6.45) is 14.5. The Morgan fingerprint density at radius 2 is 0.837 bits per heavy atom. The van der Waals surface area contributed by atoms with Crippen molar-refractivity contribution >= 4 is 63.1 Å². The predicted molar refractivity (Wildman–Crippen MR) is 210 cm³/mol. The monoisotopic (exact) mass is 628 g/mol. The van der Waals surface area contributed by atoms with Crippen LogP contribution in [-0.4, -0.2) is 9.13 Å². The number of rotatable bonds is 6. The Hall–Kier alpha value is -6.12. The van der Waals surface area contributed by atoms with E-state index >= 15 is 0 Å². The fourth-order valence-corrected chi connectivity index (χ4v) is 7.41. The second-order valence-electron chi connectivity index (χ2n) is 13.1. The number of benzene rings is 6. The van der Waals surface area contributed by atoms with Crippen molar-refractivity contribution in [1.82, 2.24) is 9.13 Å². The van der Waals surface area contributed by atoms with Crippen molar-refractivity contribution in [2.75, 3.05) is 0 Å². The molecule has 1 aliphatic carbocycles. The molecular formula is C47H36N2. The van der Waals surface area contributed by atoms with Crippen LogP contribution in [0.2, 0.25) is 0 Å². The summed E-state index contributed by atoms with van der Waals surface area (Å²) >= 11 is 0. The topological polar surface area (TPSA) is 9.86 Å². The van der Waals surface area contributed by atoms with E-state index in [0.29, 0.717) is 5.92 Å². The number of aromatic nitrogens is 2. The molecule has 1 aliphatic rings. The van der Waals surface area contributed by atoms with Gasteiger partial charge in [-0.1, -0.05) is 147 Å². The van der Waals surface area contributed by atoms with E-state index in [1.807, 2.05) is 0 Å². The van der Waals surface area contributed by atoms with Crippen LogP contribution in [0.5, 0.6) is 0 Å². The fourth-order valence-electron chi connectivity index (χ4n) is 7.41. The van der Waals surface area contributed by atoms with Crippen LogP contribution < -0.4 is 0 Å². The largest absolute Gasteiger partial charge is 0.313 e. The van der Waals surface area contributed by atoms with Crippen molar-refractivity contribution < 1.29 is 0 Å². The Labute approximate surface area is 287 Å². The van der Waals surface area contributed by atoms with Gasteiger partial charge in [0.2, 0.25) is 0 Å². The van der Waals surface area contributed by atoms with Gasteiger partial charge in [0, 0.05) is 38.8 Å². The number of allylic oxidation sites excluding steroid dienone is 1. The fraction of sp³-hybridized carbons (Fsp3) is 0.0638. The third kappa shape index (κ3) is 5.32. The highest BCUT2D eigenvalue weighted by Crippen LogP contribution is 2.35. The quantitative estimate of drug-likeness (QED) is 0.162. The van der Waals surface area contributed by atoms with E-state index in [-0.39, 0.29) is 0 Å². The summed E-state index contributed by atoms with van der Waals surface area (Å²) in [6.45, 7) is 2.30. The van der Waals surface area contributed by atoms with E-state index < -0.39 is 0 Å². The molecule has 0 amide bonds. The maximum Gasteiger partial charge on any atom is 0.0541 e. The minimum absolute atomic E-state index is 0.546. The van der Waals surface area contributed by atoms with Crippen LogP contribution in [0.4, 0.5) is 0 Å². The third-order valence-corrected chi connectivity index (χ3v) is 9.88. The molecule has 9 rings (SSSR count). The highest BCUT2D eigenvalue weighted by atomic mass is 15.0. The molecule has 0 N–H and O–H groups in total. The summed E-state index contributed by atoms with van der Waals surface area (Å²) in [4.78, 5) is 0. The van der Waals surface area contributed by atoms with Crippen molar-refractivity contribution in [3.63, 3.8) is 0 Å². The van der Waals surface area contributed by atoms with Gasteiger partial charge in [0.1, 0.15) is 0 Å². The van der Waals surface area contributed by atoms with Gasteiger partial charge in [0.25, 0.3) is 0 Å². The molecule has 0 bridgehead atoms. The predicted octanol–water partition coefficient (Wildman–Crippen LogP) is 12.3. The highest BCUT2D eigenvalue weighted by Gasteiger charge is 2.20. The smallest absolute Gasteiger partial charge is 0.0541 e. The number of hydrogen-bond donors (Lipinski definition) is 0. The molecule has 2 nitrogen and oxygen atoms in total. The van der Waals surface area contributed by atoms with Gasteiger partial charge in [-0.2, -0.15) is 0 Å². The van der Waals surface area contributed by atoms with Gasteiger partial charge in [0.15, 0.2) is 0 Å². The van der Waals surface area contributed by atoms with Crippen LogP contribution in [0.1, 0.15) is 40.4 Å². The lowest BCUT2D eigenvalue weighted by Gasteiger charge is -2.17. The molecular weight excluding hydrogens is 593 g/mol. The molecule has 0 spiro atoms. The van der Waals surface area contributed by atoms with E-state index in [1.54, 1.807) is 0 Å². The Balaban J connectivity index is 0.897. The molecule has 0 radical (unpaired) electrons. The van der Waals surface area contributed by atoms with Gasteiger partial charge < -0.3 is 9.13 Å². The first-order valence-electron chi connectivity index (χ1n) is 17.2. The molecule has 2 heteroatoms. The van der Waals surface area contributed by atoms with Crippen LogP contribution in [0, 0.1) is 5.92 Å². The Morgan fingerprint density at radius 3 is 1.33 bits per heavy atom. The zero-order chi connectivity index (χ0) is 32.7. The van der Waals surface area contributed by atoms with Gasteiger partial charge in [-0.15, -0.1) is 0 Å². The molecule has 0 saturated heterocycles. The lowest BCUT2D eigenvalue weighted by molar-refractivity contribution is 0.690. The third-order valence-electron chi connectivity index (χ3n) is 9.88. The summed E-state index contributed by atoms with van der Waals surface area (Å²) in [5.41, 5.74) is 13.6. The zero-order valence-electron chi connectivity index (χ0n) is 27.5. The molecule has 1 unspecified atom stereocenters. The number of fused-ring (bicyclic) bond motifs is 6. The summed E-state index contributed by atoms with van der Waals surface area (Å²) < 4.78 is 4.80. The average molecular weight is 629 g/mol. The number of nitrogens with zero attached hydrogens (tertiary/aromatic N) is 2. The van der Waals surface area contributed by atoms with Gasteiger partial charge in [-0.25, -0.2) is 0 Å². The Kier molecular flexibility index (Phi) is 7.21. The maximum absolute atomic E-state index is 2.45. The van der Waals surface area contributed by atoms with Gasteiger partial charge in [0.05, 0.1) is 16.6 Å². The first kappa shape index (κ1) is 29.1. The lowest BCUT2D eigenvalue weighted by atomic mass is 9.95. The second-order valence-corrected chi connectivity index (χ2v) is 13.1. The maximum atomic E-state index is 2.45. The van der Waals surface area contributed by atoms with Crippen LogP contribution in [0.3, 0.4) is 0 Å². The minimum atomic E-state index is 0.546. The minimum Gasteiger partial charge on any atom is -0.313 e. The SMILES string of the molecule is CC1C=Cc2c(n(-c3ccc(/C=C/c4ccc(/C=C/c5ccc(-n6c7ccccc7c7ccccc76)cc5)cc4)cc3)c3ccccc23)C1. The van der Waals surface area contributed by atoms with E-state index in [0.717, 1.165) is 6.42 Å². The van der Waals surface area contributed by atoms with E-state index in [2.05, 4.69) is 198 Å². The molecule has 234 valence electrons. The molecule has 1 atom stereocenters. The van der Waals surface area contributed by atoms with E-state index in [9.17, 15) is 0 Å². The van der Waals surface area contributed by atoms with Crippen molar-refractivity contribution in [2.45, 2.75) is 13.3 Å². The van der Waals surface area contributed by atoms with Crippen molar-refractivity contribution in [3.8, 4) is 11.4 Å². The van der Waals surface area contributed by atoms with Gasteiger partial charge in [-0.3, -0.25) is 0 Å². The second kappa shape index (κ2) is 12.2. The average Bonchev–Trinajstić information content (AvgIpc) is 3.66. The number of hydrogen-bond acceptors (Lipinski definition) is 0. The first-order valence-corrected chi connectivity index (χ1v) is 17.2. The molecule has 0 saturated carbocycles. The summed E-state index contributed by atoms with van der Waals surface area (Å²) in [5, 5.41) is 3.90. The first-order chi connectivity index (χ1) is 24.2. The summed E-state index contributed by atoms with van der Waals surface area (Å²) in [5.74, 6) is 0.546. The van der Waals surface area contributed by atoms with E-state index in [1.165, 1.54) is 77.6 Å². The standard InChI is InChI=1S/C47H36N2/c1-33-14-31-43-42-10-4-7-13-46(42)49(47(43)32-33)39-29-25-37(26-30-39)22-20-35-17-15-34(16-18-35)19-21-36-23-27-38(28-24-36)48-44-11-5-2-8-40(44)41-9-3-6-12-45(41)48/h2-31,33H,32H2,1H3/b21-19+,22-20+.